The van der Waals surface area contributed by atoms with Crippen molar-refractivity contribution in [2.75, 3.05) is 27.3 Å². The normalized spacial score (nSPS) is 20.0. The molecule has 1 heterocycles. The van der Waals surface area contributed by atoms with Crippen LogP contribution >= 0.6 is 0 Å². The number of rotatable bonds is 6. The molecule has 1 N–H and O–H groups in total. The van der Waals surface area contributed by atoms with Crippen LogP contribution in [-0.2, 0) is 12.8 Å². The minimum absolute atomic E-state index is 0.214. The zero-order chi connectivity index (χ0) is 18.8. The first-order valence-electron chi connectivity index (χ1n) is 9.94. The Morgan fingerprint density at radius 1 is 1.07 bits per heavy atom. The van der Waals surface area contributed by atoms with Gasteiger partial charge in [-0.3, -0.25) is 4.90 Å². The number of hydrogen-bond acceptors (Lipinski definition) is 4. The molecular formula is C23H29NO3. The lowest BCUT2D eigenvalue weighted by Gasteiger charge is -2.41. The van der Waals surface area contributed by atoms with E-state index in [2.05, 4.69) is 29.2 Å². The van der Waals surface area contributed by atoms with E-state index in [1.807, 2.05) is 12.1 Å². The van der Waals surface area contributed by atoms with Crippen LogP contribution in [0.3, 0.4) is 0 Å². The van der Waals surface area contributed by atoms with Gasteiger partial charge in [0.25, 0.3) is 0 Å². The first-order chi connectivity index (χ1) is 13.2. The van der Waals surface area contributed by atoms with Gasteiger partial charge in [-0.15, -0.1) is 0 Å². The zero-order valence-electron chi connectivity index (χ0n) is 16.3. The van der Waals surface area contributed by atoms with E-state index in [1.165, 1.54) is 36.9 Å². The van der Waals surface area contributed by atoms with E-state index in [-0.39, 0.29) is 5.75 Å². The van der Waals surface area contributed by atoms with Crippen LogP contribution in [-0.4, -0.2) is 37.3 Å². The fourth-order valence-electron chi connectivity index (χ4n) is 4.42. The van der Waals surface area contributed by atoms with Crippen molar-refractivity contribution in [2.45, 2.75) is 38.1 Å². The van der Waals surface area contributed by atoms with Crippen molar-refractivity contribution in [1.82, 2.24) is 4.90 Å². The van der Waals surface area contributed by atoms with Gasteiger partial charge in [0.2, 0.25) is 0 Å². The third-order valence-corrected chi connectivity index (χ3v) is 6.21. The maximum absolute atomic E-state index is 10.2. The Balaban J connectivity index is 1.63. The quantitative estimate of drug-likeness (QED) is 0.824. The summed E-state index contributed by atoms with van der Waals surface area (Å²) in [5, 5.41) is 10.2. The van der Waals surface area contributed by atoms with Crippen molar-refractivity contribution in [3.05, 3.63) is 53.1 Å². The third-order valence-electron chi connectivity index (χ3n) is 6.21. The molecule has 4 rings (SSSR count). The van der Waals surface area contributed by atoms with Crippen LogP contribution in [0.15, 0.2) is 36.4 Å². The molecule has 27 heavy (non-hydrogen) atoms. The molecule has 2 aliphatic rings. The molecule has 2 aromatic rings. The Hall–Kier alpha value is -2.20. The number of phenols is 1. The number of fused-ring (bicyclic) bond motifs is 1. The number of ether oxygens (including phenoxy) is 2. The number of aromatic hydroxyl groups is 1. The maximum Gasteiger partial charge on any atom is 0.160 e. The summed E-state index contributed by atoms with van der Waals surface area (Å²) in [5.74, 6) is 2.52. The molecule has 0 amide bonds. The van der Waals surface area contributed by atoms with E-state index < -0.39 is 0 Å². The average molecular weight is 367 g/mol. The largest absolute Gasteiger partial charge is 0.504 e. The minimum Gasteiger partial charge on any atom is -0.504 e. The highest BCUT2D eigenvalue weighted by molar-refractivity contribution is 5.44. The number of hydrogen-bond donors (Lipinski definition) is 1. The second kappa shape index (κ2) is 7.81. The molecule has 2 aromatic carbocycles. The van der Waals surface area contributed by atoms with Gasteiger partial charge in [0, 0.05) is 19.1 Å². The summed E-state index contributed by atoms with van der Waals surface area (Å²) >= 11 is 0. The molecule has 0 radical (unpaired) electrons. The van der Waals surface area contributed by atoms with E-state index in [4.69, 9.17) is 9.47 Å². The molecule has 0 bridgehead atoms. The van der Waals surface area contributed by atoms with Gasteiger partial charge in [0.05, 0.1) is 14.2 Å². The van der Waals surface area contributed by atoms with Crippen LogP contribution in [0.2, 0.25) is 0 Å². The molecule has 1 unspecified atom stereocenters. The smallest absolute Gasteiger partial charge is 0.160 e. The monoisotopic (exact) mass is 367 g/mol. The van der Waals surface area contributed by atoms with Gasteiger partial charge in [-0.1, -0.05) is 18.6 Å². The van der Waals surface area contributed by atoms with E-state index in [1.54, 1.807) is 14.2 Å². The number of nitrogens with zero attached hydrogens (tertiary/aromatic N) is 1. The summed E-state index contributed by atoms with van der Waals surface area (Å²) < 4.78 is 10.6. The Morgan fingerprint density at radius 2 is 1.93 bits per heavy atom. The average Bonchev–Trinajstić information content (AvgIpc) is 2.65. The van der Waals surface area contributed by atoms with Crippen molar-refractivity contribution >= 4 is 0 Å². The Bertz CT molecular complexity index is 800. The van der Waals surface area contributed by atoms with Crippen molar-refractivity contribution < 1.29 is 14.6 Å². The SMILES string of the molecule is COc1ccc2c(c1)CCN(CC1CCC1)C2Cc1ccc(OC)c(O)c1. The first-order valence-corrected chi connectivity index (χ1v) is 9.94. The summed E-state index contributed by atoms with van der Waals surface area (Å²) in [7, 11) is 3.31. The molecule has 1 saturated carbocycles. The number of methoxy groups -OCH3 is 2. The van der Waals surface area contributed by atoms with Crippen LogP contribution < -0.4 is 9.47 Å². The molecular weight excluding hydrogens is 338 g/mol. The van der Waals surface area contributed by atoms with Crippen molar-refractivity contribution in [3.8, 4) is 17.2 Å². The van der Waals surface area contributed by atoms with E-state index in [0.29, 0.717) is 11.8 Å². The van der Waals surface area contributed by atoms with Gasteiger partial charge in [0.15, 0.2) is 11.5 Å². The highest BCUT2D eigenvalue weighted by Gasteiger charge is 2.31. The van der Waals surface area contributed by atoms with Crippen LogP contribution in [0.1, 0.15) is 42.0 Å². The fraction of sp³-hybridized carbons (Fsp3) is 0.478. The van der Waals surface area contributed by atoms with Gasteiger partial charge in [-0.05, 0) is 72.6 Å². The molecule has 1 atom stereocenters. The number of benzene rings is 2. The fourth-order valence-corrected chi connectivity index (χ4v) is 4.42. The topological polar surface area (TPSA) is 41.9 Å². The Labute approximate surface area is 161 Å². The van der Waals surface area contributed by atoms with Crippen molar-refractivity contribution in [2.24, 2.45) is 5.92 Å². The Morgan fingerprint density at radius 3 is 2.59 bits per heavy atom. The first kappa shape index (κ1) is 18.2. The number of phenolic OH excluding ortho intramolecular Hbond substituents is 1. The standard InChI is InChI=1S/C23H29NO3/c1-26-19-7-8-20-18(14-19)10-11-24(15-16-4-3-5-16)21(20)12-17-6-9-23(27-2)22(25)13-17/h6-9,13-14,16,21,25H,3-5,10-12,15H2,1-2H3. The lowest BCUT2D eigenvalue weighted by atomic mass is 9.82. The predicted molar refractivity (Wildman–Crippen MR) is 107 cm³/mol. The van der Waals surface area contributed by atoms with Gasteiger partial charge >= 0.3 is 0 Å². The summed E-state index contributed by atoms with van der Waals surface area (Å²) in [6, 6.07) is 12.6. The van der Waals surface area contributed by atoms with Gasteiger partial charge in [0.1, 0.15) is 5.75 Å². The lowest BCUT2D eigenvalue weighted by Crippen LogP contribution is -2.41. The van der Waals surface area contributed by atoms with Crippen LogP contribution in [0.4, 0.5) is 0 Å². The van der Waals surface area contributed by atoms with Gasteiger partial charge in [-0.2, -0.15) is 0 Å². The molecule has 0 spiro atoms. The lowest BCUT2D eigenvalue weighted by molar-refractivity contribution is 0.123. The third kappa shape index (κ3) is 3.77. The zero-order valence-corrected chi connectivity index (χ0v) is 16.3. The second-order valence-electron chi connectivity index (χ2n) is 7.83. The van der Waals surface area contributed by atoms with Gasteiger partial charge < -0.3 is 14.6 Å². The van der Waals surface area contributed by atoms with Crippen LogP contribution in [0, 0.1) is 5.92 Å². The highest BCUT2D eigenvalue weighted by Crippen LogP contribution is 2.38. The maximum atomic E-state index is 10.2. The molecule has 1 aliphatic heterocycles. The molecule has 1 fully saturated rings. The van der Waals surface area contributed by atoms with Crippen LogP contribution in [0.25, 0.3) is 0 Å². The molecule has 1 aliphatic carbocycles. The van der Waals surface area contributed by atoms with Crippen LogP contribution in [0.5, 0.6) is 17.2 Å². The van der Waals surface area contributed by atoms with Crippen molar-refractivity contribution in [1.29, 1.82) is 0 Å². The molecule has 4 nitrogen and oxygen atoms in total. The van der Waals surface area contributed by atoms with Crippen molar-refractivity contribution in [3.63, 3.8) is 0 Å². The predicted octanol–water partition coefficient (Wildman–Crippen LogP) is 4.35. The summed E-state index contributed by atoms with van der Waals surface area (Å²) in [4.78, 5) is 2.65. The van der Waals surface area contributed by atoms with E-state index in [9.17, 15) is 5.11 Å². The van der Waals surface area contributed by atoms with E-state index >= 15 is 0 Å². The highest BCUT2D eigenvalue weighted by atomic mass is 16.5. The summed E-state index contributed by atoms with van der Waals surface area (Å²) in [6.45, 7) is 2.27. The molecule has 4 heteroatoms. The summed E-state index contributed by atoms with van der Waals surface area (Å²) in [5.41, 5.74) is 3.93. The van der Waals surface area contributed by atoms with Gasteiger partial charge in [-0.25, -0.2) is 0 Å². The molecule has 0 aromatic heterocycles. The minimum atomic E-state index is 0.214. The molecule has 0 saturated heterocycles. The summed E-state index contributed by atoms with van der Waals surface area (Å²) in [6.07, 6.45) is 6.07. The second-order valence-corrected chi connectivity index (χ2v) is 7.83. The Kier molecular flexibility index (Phi) is 5.26. The molecule has 144 valence electrons. The van der Waals surface area contributed by atoms with E-state index in [0.717, 1.165) is 36.6 Å².